The lowest BCUT2D eigenvalue weighted by molar-refractivity contribution is -0.0528. The lowest BCUT2D eigenvalue weighted by atomic mass is 9.81. The molecule has 3 saturated heterocycles. The van der Waals surface area contributed by atoms with E-state index >= 15 is 0 Å². The van der Waals surface area contributed by atoms with E-state index in [4.69, 9.17) is 4.74 Å². The number of benzene rings is 1. The fraction of sp³-hybridized carbons (Fsp3) is 0.474. The number of rotatable bonds is 4. The van der Waals surface area contributed by atoms with Crippen molar-refractivity contribution < 1.29 is 13.2 Å². The van der Waals surface area contributed by atoms with E-state index in [-0.39, 0.29) is 6.10 Å². The Labute approximate surface area is 154 Å². The van der Waals surface area contributed by atoms with Crippen LogP contribution < -0.4 is 4.74 Å². The highest BCUT2D eigenvalue weighted by Crippen LogP contribution is 2.34. The fourth-order valence-corrected chi connectivity index (χ4v) is 4.63. The van der Waals surface area contributed by atoms with Crippen molar-refractivity contribution in [3.8, 4) is 17.1 Å². The van der Waals surface area contributed by atoms with Crippen LogP contribution >= 0.6 is 0 Å². The predicted molar refractivity (Wildman–Crippen MR) is 98.8 cm³/mol. The lowest BCUT2D eigenvalue weighted by Crippen LogP contribution is -2.58. The van der Waals surface area contributed by atoms with Crippen molar-refractivity contribution in [3.05, 3.63) is 36.4 Å². The predicted octanol–water partition coefficient (Wildman–Crippen LogP) is 2.41. The van der Waals surface area contributed by atoms with Crippen LogP contribution in [0.2, 0.25) is 0 Å². The molecular formula is C19H23N3O3S. The minimum absolute atomic E-state index is 0.173. The van der Waals surface area contributed by atoms with E-state index in [1.807, 2.05) is 12.1 Å². The van der Waals surface area contributed by atoms with Gasteiger partial charge in [0, 0.05) is 23.9 Å². The molecule has 1 aromatic heterocycles. The van der Waals surface area contributed by atoms with Gasteiger partial charge in [0.2, 0.25) is 5.88 Å². The van der Waals surface area contributed by atoms with Crippen LogP contribution in [-0.2, 0) is 9.84 Å². The van der Waals surface area contributed by atoms with Crippen LogP contribution in [0.15, 0.2) is 41.3 Å². The van der Waals surface area contributed by atoms with Crippen LogP contribution in [0.1, 0.15) is 19.8 Å². The molecule has 0 N–H and O–H groups in total. The summed E-state index contributed by atoms with van der Waals surface area (Å²) in [7, 11) is -3.19. The van der Waals surface area contributed by atoms with E-state index in [9.17, 15) is 8.42 Å². The van der Waals surface area contributed by atoms with Crippen molar-refractivity contribution in [3.63, 3.8) is 0 Å². The van der Waals surface area contributed by atoms with Gasteiger partial charge >= 0.3 is 0 Å². The van der Waals surface area contributed by atoms with Crippen molar-refractivity contribution >= 4 is 9.84 Å². The number of aromatic nitrogens is 2. The largest absolute Gasteiger partial charge is 0.471 e. The summed E-state index contributed by atoms with van der Waals surface area (Å²) < 4.78 is 29.3. The molecule has 26 heavy (non-hydrogen) atoms. The third-order valence-electron chi connectivity index (χ3n) is 5.57. The monoisotopic (exact) mass is 373 g/mol. The third kappa shape index (κ3) is 3.33. The molecule has 7 heteroatoms. The zero-order valence-electron chi connectivity index (χ0n) is 15.0. The van der Waals surface area contributed by atoms with Gasteiger partial charge in [-0.3, -0.25) is 4.90 Å². The van der Waals surface area contributed by atoms with E-state index in [2.05, 4.69) is 22.0 Å². The van der Waals surface area contributed by atoms with Crippen LogP contribution in [0.5, 0.6) is 5.88 Å². The Morgan fingerprint density at radius 3 is 2.27 bits per heavy atom. The maximum absolute atomic E-state index is 11.5. The van der Waals surface area contributed by atoms with Crippen molar-refractivity contribution in [2.24, 2.45) is 5.92 Å². The summed E-state index contributed by atoms with van der Waals surface area (Å²) in [4.78, 5) is 2.78. The molecule has 1 aromatic carbocycles. The van der Waals surface area contributed by atoms with Gasteiger partial charge in [0.05, 0.1) is 10.6 Å². The van der Waals surface area contributed by atoms with Crippen LogP contribution in [0.4, 0.5) is 0 Å². The second-order valence-corrected chi connectivity index (χ2v) is 9.27. The Kier molecular flexibility index (Phi) is 4.44. The van der Waals surface area contributed by atoms with E-state index in [0.29, 0.717) is 28.4 Å². The number of piperidine rings is 3. The van der Waals surface area contributed by atoms with Gasteiger partial charge < -0.3 is 4.74 Å². The topological polar surface area (TPSA) is 72.4 Å². The van der Waals surface area contributed by atoms with Crippen molar-refractivity contribution in [2.75, 3.05) is 19.3 Å². The van der Waals surface area contributed by atoms with Crippen LogP contribution in [0.3, 0.4) is 0 Å². The zero-order chi connectivity index (χ0) is 18.3. The van der Waals surface area contributed by atoms with Crippen molar-refractivity contribution in [1.29, 1.82) is 0 Å². The van der Waals surface area contributed by atoms with E-state index in [0.717, 1.165) is 5.56 Å². The third-order valence-corrected chi connectivity index (χ3v) is 6.69. The Morgan fingerprint density at radius 1 is 1.04 bits per heavy atom. The Balaban J connectivity index is 1.48. The number of ether oxygens (including phenoxy) is 1. The summed E-state index contributed by atoms with van der Waals surface area (Å²) >= 11 is 0. The molecule has 0 spiro atoms. The van der Waals surface area contributed by atoms with Gasteiger partial charge in [-0.15, -0.1) is 10.2 Å². The molecule has 0 radical (unpaired) electrons. The number of nitrogens with zero attached hydrogens (tertiary/aromatic N) is 3. The molecular weight excluding hydrogens is 350 g/mol. The van der Waals surface area contributed by atoms with Gasteiger partial charge in [-0.1, -0.05) is 12.1 Å². The van der Waals surface area contributed by atoms with Crippen molar-refractivity contribution in [2.45, 2.75) is 36.8 Å². The molecule has 2 unspecified atom stereocenters. The average Bonchev–Trinajstić information content (AvgIpc) is 2.65. The standard InChI is InChI=1S/C19H23N3O3S/c1-13-19(15-9-11-22(13)12-10-15)25-18-8-7-17(20-21-18)14-3-5-16(6-4-14)26(2,23)24/h3-8,13,15,19H,9-12H2,1-2H3. The first-order valence-electron chi connectivity index (χ1n) is 8.97. The first-order chi connectivity index (χ1) is 12.4. The summed E-state index contributed by atoms with van der Waals surface area (Å²) in [6.45, 7) is 4.56. The molecule has 3 fully saturated rings. The normalized spacial score (nSPS) is 28.1. The second kappa shape index (κ2) is 6.63. The molecule has 3 aliphatic rings. The average molecular weight is 373 g/mol. The molecule has 0 aliphatic carbocycles. The number of hydrogen-bond donors (Lipinski definition) is 0. The molecule has 4 heterocycles. The maximum atomic E-state index is 11.5. The summed E-state index contributed by atoms with van der Waals surface area (Å²) in [5.41, 5.74) is 1.52. The molecule has 2 bridgehead atoms. The van der Waals surface area contributed by atoms with Gasteiger partial charge in [-0.25, -0.2) is 8.42 Å². The number of sulfone groups is 1. The number of hydrogen-bond acceptors (Lipinski definition) is 6. The summed E-state index contributed by atoms with van der Waals surface area (Å²) in [5.74, 6) is 1.15. The minimum Gasteiger partial charge on any atom is -0.471 e. The van der Waals surface area contributed by atoms with Gasteiger partial charge in [-0.05, 0) is 57.0 Å². The molecule has 6 nitrogen and oxygen atoms in total. The van der Waals surface area contributed by atoms with Crippen LogP contribution in [0, 0.1) is 5.92 Å². The fourth-order valence-electron chi connectivity index (χ4n) is 4.00. The highest BCUT2D eigenvalue weighted by Gasteiger charge is 2.41. The Morgan fingerprint density at radius 2 is 1.73 bits per heavy atom. The first kappa shape index (κ1) is 17.4. The first-order valence-corrected chi connectivity index (χ1v) is 10.9. The van der Waals surface area contributed by atoms with Gasteiger partial charge in [0.1, 0.15) is 6.10 Å². The molecule has 2 atom stereocenters. The van der Waals surface area contributed by atoms with Crippen LogP contribution in [-0.4, -0.2) is 55.0 Å². The smallest absolute Gasteiger partial charge is 0.233 e. The lowest BCUT2D eigenvalue weighted by Gasteiger charge is -2.48. The highest BCUT2D eigenvalue weighted by molar-refractivity contribution is 7.90. The molecule has 3 aliphatic heterocycles. The molecule has 2 aromatic rings. The van der Waals surface area contributed by atoms with Crippen molar-refractivity contribution in [1.82, 2.24) is 15.1 Å². The highest BCUT2D eigenvalue weighted by atomic mass is 32.2. The molecule has 138 valence electrons. The number of fused-ring (bicyclic) bond motifs is 3. The molecule has 0 saturated carbocycles. The molecule has 0 amide bonds. The summed E-state index contributed by atoms with van der Waals surface area (Å²) in [6.07, 6.45) is 3.75. The Hall–Kier alpha value is -1.99. The SMILES string of the molecule is CC1C(Oc2ccc(-c3ccc(S(C)(=O)=O)cc3)nn2)C2CCN1CC2. The minimum atomic E-state index is -3.19. The molecule has 5 rings (SSSR count). The van der Waals surface area contributed by atoms with Crippen LogP contribution in [0.25, 0.3) is 11.3 Å². The summed E-state index contributed by atoms with van der Waals surface area (Å²) in [6, 6.07) is 10.8. The maximum Gasteiger partial charge on any atom is 0.233 e. The van der Waals surface area contributed by atoms with Gasteiger partial charge in [0.25, 0.3) is 0 Å². The van der Waals surface area contributed by atoms with E-state index in [1.54, 1.807) is 24.3 Å². The summed E-state index contributed by atoms with van der Waals surface area (Å²) in [5, 5.41) is 8.48. The quantitative estimate of drug-likeness (QED) is 0.819. The second-order valence-electron chi connectivity index (χ2n) is 7.25. The van der Waals surface area contributed by atoms with E-state index in [1.165, 1.54) is 32.2 Å². The Bertz CT molecular complexity index is 871. The van der Waals surface area contributed by atoms with E-state index < -0.39 is 9.84 Å². The van der Waals surface area contributed by atoms with Gasteiger partial charge in [-0.2, -0.15) is 0 Å². The zero-order valence-corrected chi connectivity index (χ0v) is 15.8. The van der Waals surface area contributed by atoms with Gasteiger partial charge in [0.15, 0.2) is 9.84 Å².